The van der Waals surface area contributed by atoms with E-state index in [1.807, 2.05) is 36.9 Å². The summed E-state index contributed by atoms with van der Waals surface area (Å²) in [6, 6.07) is 6.13. The summed E-state index contributed by atoms with van der Waals surface area (Å²) < 4.78 is 0.992. The molecule has 0 aromatic heterocycles. The Morgan fingerprint density at radius 1 is 1.53 bits per heavy atom. The van der Waals surface area contributed by atoms with Crippen LogP contribution >= 0.6 is 15.9 Å². The Hall–Kier alpha value is -0.870. The minimum absolute atomic E-state index is 0.137. The Labute approximate surface area is 110 Å². The van der Waals surface area contributed by atoms with Gasteiger partial charge in [-0.05, 0) is 31.5 Å². The zero-order valence-corrected chi connectivity index (χ0v) is 11.8. The highest BCUT2D eigenvalue weighted by Gasteiger charge is 2.28. The first-order chi connectivity index (χ1) is 8.15. The highest BCUT2D eigenvalue weighted by Crippen LogP contribution is 2.21. The summed E-state index contributed by atoms with van der Waals surface area (Å²) in [5, 5.41) is 3.21. The van der Waals surface area contributed by atoms with Crippen LogP contribution < -0.4 is 5.32 Å². The first-order valence-electron chi connectivity index (χ1n) is 5.92. The van der Waals surface area contributed by atoms with Crippen LogP contribution in [-0.4, -0.2) is 36.5 Å². The van der Waals surface area contributed by atoms with E-state index in [0.29, 0.717) is 6.04 Å². The maximum absolute atomic E-state index is 12.5. The van der Waals surface area contributed by atoms with Crippen molar-refractivity contribution < 1.29 is 4.79 Å². The second kappa shape index (κ2) is 5.19. The Morgan fingerprint density at radius 3 is 2.76 bits per heavy atom. The lowest BCUT2D eigenvalue weighted by molar-refractivity contribution is 0.0629. The summed E-state index contributed by atoms with van der Waals surface area (Å²) in [5.41, 5.74) is 1.82. The van der Waals surface area contributed by atoms with Gasteiger partial charge in [-0.25, -0.2) is 0 Å². The van der Waals surface area contributed by atoms with Crippen LogP contribution in [0.5, 0.6) is 0 Å². The predicted molar refractivity (Wildman–Crippen MR) is 72.2 cm³/mol. The number of hydrogen-bond donors (Lipinski definition) is 1. The van der Waals surface area contributed by atoms with E-state index < -0.39 is 0 Å². The SMILES string of the molecule is CCN(C(=O)c1cccc(Br)c1C)C1CNC1. The van der Waals surface area contributed by atoms with Gasteiger partial charge in [-0.3, -0.25) is 4.79 Å². The fourth-order valence-corrected chi connectivity index (χ4v) is 2.42. The molecule has 0 bridgehead atoms. The van der Waals surface area contributed by atoms with E-state index in [1.165, 1.54) is 0 Å². The van der Waals surface area contributed by atoms with E-state index in [9.17, 15) is 4.79 Å². The van der Waals surface area contributed by atoms with Crippen molar-refractivity contribution in [2.75, 3.05) is 19.6 Å². The normalized spacial score (nSPS) is 15.5. The molecule has 1 amide bonds. The number of amides is 1. The molecule has 1 aliphatic rings. The van der Waals surface area contributed by atoms with Crippen molar-refractivity contribution in [1.82, 2.24) is 10.2 Å². The van der Waals surface area contributed by atoms with E-state index >= 15 is 0 Å². The maximum Gasteiger partial charge on any atom is 0.254 e. The van der Waals surface area contributed by atoms with Crippen LogP contribution in [0.2, 0.25) is 0 Å². The van der Waals surface area contributed by atoms with Gasteiger partial charge in [-0.1, -0.05) is 22.0 Å². The molecular weight excluding hydrogens is 280 g/mol. The fraction of sp³-hybridized carbons (Fsp3) is 0.462. The van der Waals surface area contributed by atoms with E-state index in [-0.39, 0.29) is 5.91 Å². The minimum atomic E-state index is 0.137. The standard InChI is InChI=1S/C13H17BrN2O/c1-3-16(10-7-15-8-10)13(17)11-5-4-6-12(14)9(11)2/h4-6,10,15H,3,7-8H2,1-2H3. The molecule has 1 heterocycles. The third-order valence-corrected chi connectivity index (χ3v) is 4.16. The molecule has 0 spiro atoms. The lowest BCUT2D eigenvalue weighted by Crippen LogP contribution is -2.58. The molecule has 4 heteroatoms. The summed E-state index contributed by atoms with van der Waals surface area (Å²) in [5.74, 6) is 0.137. The third kappa shape index (κ3) is 2.38. The van der Waals surface area contributed by atoms with Crippen LogP contribution in [0.3, 0.4) is 0 Å². The predicted octanol–water partition coefficient (Wildman–Crippen LogP) is 2.19. The number of halogens is 1. The number of nitrogens with one attached hydrogen (secondary N) is 1. The molecule has 0 aliphatic carbocycles. The molecule has 0 radical (unpaired) electrons. The average Bonchev–Trinajstić information content (AvgIpc) is 2.26. The molecule has 3 nitrogen and oxygen atoms in total. The van der Waals surface area contributed by atoms with Crippen LogP contribution in [0, 0.1) is 6.92 Å². The van der Waals surface area contributed by atoms with Crippen molar-refractivity contribution in [3.63, 3.8) is 0 Å². The zero-order valence-electron chi connectivity index (χ0n) is 10.2. The molecular formula is C13H17BrN2O. The van der Waals surface area contributed by atoms with Crippen molar-refractivity contribution >= 4 is 21.8 Å². The van der Waals surface area contributed by atoms with Gasteiger partial charge in [-0.2, -0.15) is 0 Å². The number of hydrogen-bond acceptors (Lipinski definition) is 2. The highest BCUT2D eigenvalue weighted by atomic mass is 79.9. The van der Waals surface area contributed by atoms with Crippen molar-refractivity contribution in [1.29, 1.82) is 0 Å². The van der Waals surface area contributed by atoms with Gasteiger partial charge >= 0.3 is 0 Å². The van der Waals surface area contributed by atoms with Crippen LogP contribution in [0.15, 0.2) is 22.7 Å². The second-order valence-electron chi connectivity index (χ2n) is 4.32. The Bertz CT molecular complexity index is 429. The highest BCUT2D eigenvalue weighted by molar-refractivity contribution is 9.10. The molecule has 17 heavy (non-hydrogen) atoms. The Kier molecular flexibility index (Phi) is 3.84. The lowest BCUT2D eigenvalue weighted by atomic mass is 10.0. The van der Waals surface area contributed by atoms with Gasteiger partial charge in [0, 0.05) is 29.7 Å². The monoisotopic (exact) mass is 296 g/mol. The first kappa shape index (κ1) is 12.6. The molecule has 2 rings (SSSR count). The van der Waals surface area contributed by atoms with E-state index in [0.717, 1.165) is 35.2 Å². The Balaban J connectivity index is 2.25. The van der Waals surface area contributed by atoms with Crippen LogP contribution in [0.4, 0.5) is 0 Å². The van der Waals surface area contributed by atoms with E-state index in [4.69, 9.17) is 0 Å². The smallest absolute Gasteiger partial charge is 0.254 e. The molecule has 1 N–H and O–H groups in total. The van der Waals surface area contributed by atoms with Gasteiger partial charge in [0.15, 0.2) is 0 Å². The number of benzene rings is 1. The second-order valence-corrected chi connectivity index (χ2v) is 5.17. The van der Waals surface area contributed by atoms with Gasteiger partial charge in [0.2, 0.25) is 0 Å². The molecule has 1 aromatic carbocycles. The topological polar surface area (TPSA) is 32.3 Å². The van der Waals surface area contributed by atoms with Gasteiger partial charge in [-0.15, -0.1) is 0 Å². The van der Waals surface area contributed by atoms with Crippen molar-refractivity contribution in [3.8, 4) is 0 Å². The third-order valence-electron chi connectivity index (χ3n) is 3.30. The van der Waals surface area contributed by atoms with Crippen molar-refractivity contribution in [2.24, 2.45) is 0 Å². The maximum atomic E-state index is 12.5. The summed E-state index contributed by atoms with van der Waals surface area (Å²) in [4.78, 5) is 14.4. The van der Waals surface area contributed by atoms with Crippen molar-refractivity contribution in [2.45, 2.75) is 19.9 Å². The van der Waals surface area contributed by atoms with Crippen molar-refractivity contribution in [3.05, 3.63) is 33.8 Å². The number of likely N-dealkylation sites (N-methyl/N-ethyl adjacent to an activating group) is 1. The number of carbonyl (C=O) groups excluding carboxylic acids is 1. The summed E-state index contributed by atoms with van der Waals surface area (Å²) >= 11 is 3.47. The average molecular weight is 297 g/mol. The number of rotatable bonds is 3. The quantitative estimate of drug-likeness (QED) is 0.927. The minimum Gasteiger partial charge on any atom is -0.333 e. The molecule has 0 saturated carbocycles. The summed E-state index contributed by atoms with van der Waals surface area (Å²) in [7, 11) is 0. The number of carbonyl (C=O) groups is 1. The van der Waals surface area contributed by atoms with Gasteiger partial charge in [0.1, 0.15) is 0 Å². The molecule has 92 valence electrons. The Morgan fingerprint density at radius 2 is 2.24 bits per heavy atom. The molecule has 1 saturated heterocycles. The van der Waals surface area contributed by atoms with Gasteiger partial charge in [0.05, 0.1) is 6.04 Å². The van der Waals surface area contributed by atoms with Gasteiger partial charge in [0.25, 0.3) is 5.91 Å². The summed E-state index contributed by atoms with van der Waals surface area (Å²) in [6.45, 7) is 6.59. The summed E-state index contributed by atoms with van der Waals surface area (Å²) in [6.07, 6.45) is 0. The molecule has 0 atom stereocenters. The molecule has 0 unspecified atom stereocenters. The van der Waals surface area contributed by atoms with Crippen LogP contribution in [0.25, 0.3) is 0 Å². The fourth-order valence-electron chi connectivity index (χ4n) is 2.06. The van der Waals surface area contributed by atoms with E-state index in [2.05, 4.69) is 21.2 Å². The first-order valence-corrected chi connectivity index (χ1v) is 6.71. The van der Waals surface area contributed by atoms with Gasteiger partial charge < -0.3 is 10.2 Å². The molecule has 1 fully saturated rings. The number of nitrogens with zero attached hydrogens (tertiary/aromatic N) is 1. The van der Waals surface area contributed by atoms with Crippen LogP contribution in [-0.2, 0) is 0 Å². The van der Waals surface area contributed by atoms with Crippen LogP contribution in [0.1, 0.15) is 22.8 Å². The lowest BCUT2D eigenvalue weighted by Gasteiger charge is -2.38. The molecule has 1 aromatic rings. The van der Waals surface area contributed by atoms with E-state index in [1.54, 1.807) is 0 Å². The molecule has 1 aliphatic heterocycles. The zero-order chi connectivity index (χ0) is 12.4. The largest absolute Gasteiger partial charge is 0.333 e.